The molecule has 0 radical (unpaired) electrons. The molecule has 1 amide bonds. The molecule has 1 aliphatic rings. The molecule has 0 aliphatic carbocycles. The number of rotatable bonds is 5. The quantitative estimate of drug-likeness (QED) is 0.293. The molecule has 2 heterocycles. The zero-order valence-electron chi connectivity index (χ0n) is 18.1. The third-order valence-electron chi connectivity index (χ3n) is 5.83. The number of carbonyl (C=O) groups is 1. The standard InChI is InChI=1S/C27H19ClF2N2O2.CH4/c1-34-26-7-3-6-25(31-26)32-24-9-8-18(17-4-2-5-19(28)13-17)14-22(24)23(27(32)33)12-16-10-20(29)15-21(30)11-16;/h2-11,13-15,23H,12H2,1H3;1H4. The van der Waals surface area contributed by atoms with Gasteiger partial charge in [-0.2, -0.15) is 4.98 Å². The molecule has 178 valence electrons. The van der Waals surface area contributed by atoms with E-state index in [0.29, 0.717) is 28.0 Å². The normalized spacial score (nSPS) is 14.5. The van der Waals surface area contributed by atoms with Crippen LogP contribution in [0.4, 0.5) is 20.3 Å². The Bertz CT molecular complexity index is 1390. The van der Waals surface area contributed by atoms with Gasteiger partial charge in [0.15, 0.2) is 0 Å². The summed E-state index contributed by atoms with van der Waals surface area (Å²) in [4.78, 5) is 19.6. The molecule has 1 aromatic heterocycles. The van der Waals surface area contributed by atoms with Gasteiger partial charge in [0.25, 0.3) is 0 Å². The van der Waals surface area contributed by atoms with Crippen molar-refractivity contribution in [1.82, 2.24) is 4.98 Å². The maximum Gasteiger partial charge on any atom is 0.240 e. The van der Waals surface area contributed by atoms with Crippen molar-refractivity contribution in [3.63, 3.8) is 0 Å². The Morgan fingerprint density at radius 3 is 2.37 bits per heavy atom. The van der Waals surface area contributed by atoms with E-state index in [9.17, 15) is 13.6 Å². The Hall–Kier alpha value is -3.77. The van der Waals surface area contributed by atoms with Crippen LogP contribution in [0.3, 0.4) is 0 Å². The number of methoxy groups -OCH3 is 1. The number of halogens is 3. The van der Waals surface area contributed by atoms with Crippen LogP contribution in [-0.4, -0.2) is 18.0 Å². The van der Waals surface area contributed by atoms with Crippen molar-refractivity contribution < 1.29 is 18.3 Å². The number of benzene rings is 3. The van der Waals surface area contributed by atoms with Crippen molar-refractivity contribution in [2.24, 2.45) is 0 Å². The van der Waals surface area contributed by atoms with Crippen molar-refractivity contribution in [3.05, 3.63) is 107 Å². The highest BCUT2D eigenvalue weighted by atomic mass is 35.5. The Balaban J connectivity index is 0.00000289. The molecule has 35 heavy (non-hydrogen) atoms. The first-order valence-corrected chi connectivity index (χ1v) is 11.0. The van der Waals surface area contributed by atoms with Crippen molar-refractivity contribution in [2.75, 3.05) is 12.0 Å². The highest BCUT2D eigenvalue weighted by Crippen LogP contribution is 2.45. The third-order valence-corrected chi connectivity index (χ3v) is 6.06. The van der Waals surface area contributed by atoms with Gasteiger partial charge in [-0.1, -0.05) is 43.3 Å². The van der Waals surface area contributed by atoms with Gasteiger partial charge < -0.3 is 4.74 Å². The van der Waals surface area contributed by atoms with E-state index in [1.165, 1.54) is 24.1 Å². The lowest BCUT2D eigenvalue weighted by Gasteiger charge is -2.18. The van der Waals surface area contributed by atoms with Crippen LogP contribution in [0.25, 0.3) is 11.1 Å². The van der Waals surface area contributed by atoms with E-state index >= 15 is 0 Å². The van der Waals surface area contributed by atoms with Gasteiger partial charge in [0, 0.05) is 17.2 Å². The average molecular weight is 493 g/mol. The lowest BCUT2D eigenvalue weighted by atomic mass is 9.91. The van der Waals surface area contributed by atoms with Crippen molar-refractivity contribution in [2.45, 2.75) is 19.8 Å². The number of amides is 1. The Morgan fingerprint density at radius 2 is 1.66 bits per heavy atom. The van der Waals surface area contributed by atoms with Gasteiger partial charge in [0.05, 0.1) is 18.7 Å². The second-order valence-electron chi connectivity index (χ2n) is 8.03. The molecule has 4 aromatic rings. The van der Waals surface area contributed by atoms with Gasteiger partial charge in [-0.3, -0.25) is 9.69 Å². The third kappa shape index (κ3) is 4.75. The summed E-state index contributed by atoms with van der Waals surface area (Å²) in [5.41, 5.74) is 3.59. The molecule has 3 aromatic carbocycles. The van der Waals surface area contributed by atoms with Gasteiger partial charge in [-0.05, 0) is 71.1 Å². The fourth-order valence-corrected chi connectivity index (χ4v) is 4.52. The SMILES string of the molecule is C.COc1cccc(N2C(=O)C(Cc3cc(F)cc(F)c3)c3cc(-c4cccc(Cl)c4)ccc32)n1. The van der Waals surface area contributed by atoms with E-state index in [-0.39, 0.29) is 19.8 Å². The van der Waals surface area contributed by atoms with Crippen LogP contribution in [0.1, 0.15) is 24.5 Å². The minimum Gasteiger partial charge on any atom is -0.481 e. The van der Waals surface area contributed by atoms with E-state index in [1.807, 2.05) is 36.4 Å². The first-order chi connectivity index (χ1) is 16.4. The van der Waals surface area contributed by atoms with E-state index in [4.69, 9.17) is 16.3 Å². The monoisotopic (exact) mass is 492 g/mol. The predicted molar refractivity (Wildman–Crippen MR) is 134 cm³/mol. The van der Waals surface area contributed by atoms with Crippen LogP contribution in [0.2, 0.25) is 5.02 Å². The minimum atomic E-state index is -0.681. The maximum atomic E-state index is 13.9. The molecule has 4 nitrogen and oxygen atoms in total. The number of pyridine rings is 1. The molecule has 7 heteroatoms. The molecule has 0 fully saturated rings. The summed E-state index contributed by atoms with van der Waals surface area (Å²) in [6.45, 7) is 0. The maximum absolute atomic E-state index is 13.9. The summed E-state index contributed by atoms with van der Waals surface area (Å²) in [6, 6.07) is 21.6. The zero-order valence-corrected chi connectivity index (χ0v) is 18.9. The number of aromatic nitrogens is 1. The van der Waals surface area contributed by atoms with Crippen LogP contribution in [-0.2, 0) is 11.2 Å². The molecule has 0 saturated heterocycles. The van der Waals surface area contributed by atoms with Gasteiger partial charge >= 0.3 is 0 Å². The Labute approximate surface area is 207 Å². The van der Waals surface area contributed by atoms with Gasteiger partial charge in [-0.25, -0.2) is 8.78 Å². The molecular formula is C28H23ClF2N2O2. The van der Waals surface area contributed by atoms with Crippen LogP contribution in [0, 0.1) is 11.6 Å². The molecule has 0 bridgehead atoms. The van der Waals surface area contributed by atoms with E-state index in [2.05, 4.69) is 4.98 Å². The molecule has 1 unspecified atom stereocenters. The average Bonchev–Trinajstić information content (AvgIpc) is 3.09. The van der Waals surface area contributed by atoms with Crippen LogP contribution < -0.4 is 9.64 Å². The predicted octanol–water partition coefficient (Wildman–Crippen LogP) is 7.33. The second-order valence-corrected chi connectivity index (χ2v) is 8.47. The fraction of sp³-hybridized carbons (Fsp3) is 0.143. The topological polar surface area (TPSA) is 42.4 Å². The van der Waals surface area contributed by atoms with Gasteiger partial charge in [0.1, 0.15) is 17.5 Å². The number of nitrogens with zero attached hydrogens (tertiary/aromatic N) is 2. The summed E-state index contributed by atoms with van der Waals surface area (Å²) in [6.07, 6.45) is 0.139. The first-order valence-electron chi connectivity index (χ1n) is 10.6. The van der Waals surface area contributed by atoms with Crippen molar-refractivity contribution >= 4 is 29.0 Å². The van der Waals surface area contributed by atoms with E-state index < -0.39 is 17.6 Å². The molecule has 0 saturated carbocycles. The second kappa shape index (κ2) is 9.84. The van der Waals surface area contributed by atoms with Crippen molar-refractivity contribution in [1.29, 1.82) is 0 Å². The van der Waals surface area contributed by atoms with Crippen LogP contribution in [0.15, 0.2) is 78.9 Å². The van der Waals surface area contributed by atoms with Crippen LogP contribution >= 0.6 is 11.6 Å². The lowest BCUT2D eigenvalue weighted by Crippen LogP contribution is -2.25. The number of fused-ring (bicyclic) bond motifs is 1. The largest absolute Gasteiger partial charge is 0.481 e. The number of anilines is 2. The molecule has 0 N–H and O–H groups in total. The summed E-state index contributed by atoms with van der Waals surface area (Å²) in [5.74, 6) is -1.46. The number of hydrogen-bond acceptors (Lipinski definition) is 3. The number of hydrogen-bond donors (Lipinski definition) is 0. The van der Waals surface area contributed by atoms with E-state index in [0.717, 1.165) is 22.8 Å². The highest BCUT2D eigenvalue weighted by molar-refractivity contribution is 6.30. The zero-order chi connectivity index (χ0) is 23.8. The summed E-state index contributed by atoms with van der Waals surface area (Å²) >= 11 is 6.18. The summed E-state index contributed by atoms with van der Waals surface area (Å²) in [5, 5.41) is 0.600. The number of carbonyl (C=O) groups excluding carboxylic acids is 1. The van der Waals surface area contributed by atoms with Crippen molar-refractivity contribution in [3.8, 4) is 17.0 Å². The molecule has 0 spiro atoms. The Morgan fingerprint density at radius 1 is 0.943 bits per heavy atom. The molecule has 1 atom stereocenters. The molecular weight excluding hydrogens is 470 g/mol. The van der Waals surface area contributed by atoms with Gasteiger partial charge in [0.2, 0.25) is 11.8 Å². The highest BCUT2D eigenvalue weighted by Gasteiger charge is 2.39. The first kappa shape index (κ1) is 24.4. The van der Waals surface area contributed by atoms with Gasteiger partial charge in [-0.15, -0.1) is 0 Å². The summed E-state index contributed by atoms with van der Waals surface area (Å²) < 4.78 is 33.0. The van der Waals surface area contributed by atoms with E-state index in [1.54, 1.807) is 24.3 Å². The number of ether oxygens (including phenoxy) is 1. The summed E-state index contributed by atoms with van der Waals surface area (Å²) in [7, 11) is 1.50. The van der Waals surface area contributed by atoms with Crippen LogP contribution in [0.5, 0.6) is 5.88 Å². The molecule has 5 rings (SSSR count). The molecule has 1 aliphatic heterocycles. The smallest absolute Gasteiger partial charge is 0.240 e. The fourth-order valence-electron chi connectivity index (χ4n) is 4.33. The Kier molecular flexibility index (Phi) is 6.85. The lowest BCUT2D eigenvalue weighted by molar-refractivity contribution is -0.118. The minimum absolute atomic E-state index is 0.